The lowest BCUT2D eigenvalue weighted by Crippen LogP contribution is -2.33. The van der Waals surface area contributed by atoms with Crippen LogP contribution in [0.1, 0.15) is 78.2 Å². The Hall–Kier alpha value is -6.04. The number of carbonyl (C=O) groups excluding carboxylic acids is 4. The van der Waals surface area contributed by atoms with Gasteiger partial charge in [-0.1, -0.05) is 34.6 Å². The first-order valence-electron chi connectivity index (χ1n) is 15.7. The van der Waals surface area contributed by atoms with Crippen LogP contribution in [0.3, 0.4) is 0 Å². The Morgan fingerprint density at radius 3 is 1.17 bits per heavy atom. The SMILES string of the molecule is O=C1c2ccccc2C(=O)N1CO/N=C/c1cc[n+](CCCCCC[n+]2ccc(/C=N/OCN3C(=O)c4ccccc4C3=O)cc2)cc1. The molecule has 2 aliphatic heterocycles. The molecule has 4 amide bonds. The van der Waals surface area contributed by atoms with E-state index in [1.165, 1.54) is 0 Å². The molecule has 4 heterocycles. The Balaban J connectivity index is 0.831. The van der Waals surface area contributed by atoms with Gasteiger partial charge in [-0.15, -0.1) is 0 Å². The number of aromatic nitrogens is 2. The summed E-state index contributed by atoms with van der Waals surface area (Å²) in [4.78, 5) is 62.1. The molecule has 2 aromatic heterocycles. The summed E-state index contributed by atoms with van der Waals surface area (Å²) in [5, 5.41) is 7.83. The highest BCUT2D eigenvalue weighted by molar-refractivity contribution is 6.21. The summed E-state index contributed by atoms with van der Waals surface area (Å²) in [6.07, 6.45) is 15.4. The van der Waals surface area contributed by atoms with Crippen molar-refractivity contribution in [2.24, 2.45) is 10.3 Å². The third kappa shape index (κ3) is 7.33. The Labute approximate surface area is 277 Å². The predicted molar refractivity (Wildman–Crippen MR) is 173 cm³/mol. The fraction of sp³-hybridized carbons (Fsp3) is 0.222. The molecular weight excluding hydrogens is 612 g/mol. The fourth-order valence-electron chi connectivity index (χ4n) is 5.44. The molecule has 4 aromatic rings. The Morgan fingerprint density at radius 1 is 0.500 bits per heavy atom. The van der Waals surface area contributed by atoms with Gasteiger partial charge in [0, 0.05) is 48.2 Å². The van der Waals surface area contributed by atoms with E-state index in [-0.39, 0.29) is 37.1 Å². The molecule has 0 spiro atoms. The molecule has 2 aliphatic rings. The third-order valence-corrected chi connectivity index (χ3v) is 8.10. The summed E-state index contributed by atoms with van der Waals surface area (Å²) >= 11 is 0. The van der Waals surface area contributed by atoms with Gasteiger partial charge in [-0.2, -0.15) is 0 Å². The van der Waals surface area contributed by atoms with Gasteiger partial charge >= 0.3 is 0 Å². The van der Waals surface area contributed by atoms with Crippen molar-refractivity contribution in [1.29, 1.82) is 0 Å². The summed E-state index contributed by atoms with van der Waals surface area (Å²) < 4.78 is 4.24. The van der Waals surface area contributed by atoms with Gasteiger partial charge in [0.1, 0.15) is 13.1 Å². The second kappa shape index (κ2) is 15.0. The van der Waals surface area contributed by atoms with Gasteiger partial charge in [0.05, 0.1) is 34.7 Å². The highest BCUT2D eigenvalue weighted by Gasteiger charge is 2.36. The van der Waals surface area contributed by atoms with Gasteiger partial charge in [-0.05, 0) is 37.1 Å². The maximum atomic E-state index is 12.4. The zero-order valence-corrected chi connectivity index (χ0v) is 26.2. The van der Waals surface area contributed by atoms with Gasteiger partial charge in [0.15, 0.2) is 38.2 Å². The van der Waals surface area contributed by atoms with Crippen LogP contribution in [0.25, 0.3) is 0 Å². The van der Waals surface area contributed by atoms with E-state index >= 15 is 0 Å². The highest BCUT2D eigenvalue weighted by atomic mass is 16.6. The largest absolute Gasteiger partial charge is 0.373 e. The first kappa shape index (κ1) is 31.9. The van der Waals surface area contributed by atoms with E-state index in [2.05, 4.69) is 19.4 Å². The molecule has 48 heavy (non-hydrogen) atoms. The maximum Gasteiger partial charge on any atom is 0.264 e. The summed E-state index contributed by atoms with van der Waals surface area (Å²) in [5.41, 5.74) is 3.21. The minimum absolute atomic E-state index is 0.241. The normalized spacial score (nSPS) is 14.0. The predicted octanol–water partition coefficient (Wildman–Crippen LogP) is 3.73. The molecule has 0 saturated heterocycles. The summed E-state index contributed by atoms with van der Waals surface area (Å²) in [5.74, 6) is -1.52. The molecule has 0 unspecified atom stereocenters. The van der Waals surface area contributed by atoms with Crippen LogP contribution in [0.2, 0.25) is 0 Å². The number of fused-ring (bicyclic) bond motifs is 2. The number of benzene rings is 2. The van der Waals surface area contributed by atoms with Crippen LogP contribution < -0.4 is 9.13 Å². The number of carbonyl (C=O) groups is 4. The van der Waals surface area contributed by atoms with Crippen molar-refractivity contribution in [3.8, 4) is 0 Å². The molecule has 0 aliphatic carbocycles. The lowest BCUT2D eigenvalue weighted by molar-refractivity contribution is -0.698. The molecule has 0 radical (unpaired) electrons. The van der Waals surface area contributed by atoms with E-state index < -0.39 is 0 Å². The van der Waals surface area contributed by atoms with Crippen molar-refractivity contribution in [1.82, 2.24) is 9.80 Å². The molecule has 0 fully saturated rings. The van der Waals surface area contributed by atoms with Crippen molar-refractivity contribution in [3.63, 3.8) is 0 Å². The van der Waals surface area contributed by atoms with Crippen LogP contribution in [-0.4, -0.2) is 59.3 Å². The smallest absolute Gasteiger partial charge is 0.264 e. The molecule has 6 rings (SSSR count). The molecule has 0 N–H and O–H groups in total. The first-order chi connectivity index (χ1) is 23.5. The van der Waals surface area contributed by atoms with E-state index in [1.54, 1.807) is 61.0 Å². The van der Waals surface area contributed by atoms with E-state index in [0.29, 0.717) is 22.3 Å². The van der Waals surface area contributed by atoms with Crippen molar-refractivity contribution in [3.05, 3.63) is 131 Å². The average Bonchev–Trinajstić information content (AvgIpc) is 3.51. The van der Waals surface area contributed by atoms with Crippen molar-refractivity contribution >= 4 is 36.1 Å². The van der Waals surface area contributed by atoms with Gasteiger partial charge in [0.2, 0.25) is 0 Å². The van der Waals surface area contributed by atoms with E-state index in [4.69, 9.17) is 9.68 Å². The van der Waals surface area contributed by atoms with Crippen LogP contribution >= 0.6 is 0 Å². The fourth-order valence-corrected chi connectivity index (χ4v) is 5.44. The van der Waals surface area contributed by atoms with Gasteiger partial charge in [-0.25, -0.2) is 18.9 Å². The maximum absolute atomic E-state index is 12.4. The zero-order chi connectivity index (χ0) is 33.3. The molecule has 2 aromatic carbocycles. The molecule has 0 atom stereocenters. The van der Waals surface area contributed by atoms with Crippen LogP contribution in [0.4, 0.5) is 0 Å². The van der Waals surface area contributed by atoms with Crippen molar-refractivity contribution in [2.75, 3.05) is 13.5 Å². The average molecular weight is 647 g/mol. The zero-order valence-electron chi connectivity index (χ0n) is 26.2. The van der Waals surface area contributed by atoms with E-state index in [9.17, 15) is 19.2 Å². The Morgan fingerprint density at radius 2 is 0.833 bits per heavy atom. The minimum Gasteiger partial charge on any atom is -0.373 e. The number of hydrogen-bond acceptors (Lipinski definition) is 8. The quantitative estimate of drug-likeness (QED) is 0.0637. The van der Waals surface area contributed by atoms with Gasteiger partial charge in [0.25, 0.3) is 23.6 Å². The van der Waals surface area contributed by atoms with Crippen LogP contribution in [0, 0.1) is 0 Å². The van der Waals surface area contributed by atoms with Crippen LogP contribution in [-0.2, 0) is 22.8 Å². The lowest BCUT2D eigenvalue weighted by atomic mass is 10.1. The van der Waals surface area contributed by atoms with E-state index in [1.807, 2.05) is 49.1 Å². The van der Waals surface area contributed by atoms with Crippen LogP contribution in [0.5, 0.6) is 0 Å². The number of rotatable bonds is 15. The number of imide groups is 2. The Bertz CT molecular complexity index is 1670. The number of hydrogen-bond donors (Lipinski definition) is 0. The molecular formula is C36H34N6O6+2. The Kier molecular flexibility index (Phi) is 10.00. The summed E-state index contributed by atoms with van der Waals surface area (Å²) in [6, 6.07) is 21.1. The number of nitrogens with zero attached hydrogens (tertiary/aromatic N) is 6. The number of aryl methyl sites for hydroxylation is 2. The number of oxime groups is 2. The standard InChI is InChI=1S/C36H34N6O6/c43-33-29-9-3-4-10-30(29)34(44)41(33)25-47-37-23-27-13-19-39(20-14-27)17-7-1-2-8-18-40-21-15-28(16-22-40)24-38-48-26-42-35(45)31-11-5-6-12-32(31)36(42)46/h3-6,9-16,19-24H,1-2,7-8,17-18,25-26H2/q+2/b37-23+,38-24+. The number of amides is 4. The second-order valence-electron chi connectivity index (χ2n) is 11.3. The highest BCUT2D eigenvalue weighted by Crippen LogP contribution is 2.23. The summed E-state index contributed by atoms with van der Waals surface area (Å²) in [6.45, 7) is 1.33. The number of unbranched alkanes of at least 4 members (excludes halogenated alkanes) is 3. The topological polar surface area (TPSA) is 126 Å². The third-order valence-electron chi connectivity index (χ3n) is 8.10. The monoisotopic (exact) mass is 646 g/mol. The lowest BCUT2D eigenvalue weighted by Gasteiger charge is -2.11. The molecule has 0 bridgehead atoms. The van der Waals surface area contributed by atoms with Gasteiger partial charge < -0.3 is 9.68 Å². The van der Waals surface area contributed by atoms with Crippen molar-refractivity contribution < 1.29 is 38.0 Å². The summed E-state index contributed by atoms with van der Waals surface area (Å²) in [7, 11) is 0. The first-order valence-corrected chi connectivity index (χ1v) is 15.7. The molecule has 12 nitrogen and oxygen atoms in total. The molecule has 0 saturated carbocycles. The van der Waals surface area contributed by atoms with Crippen molar-refractivity contribution in [2.45, 2.75) is 38.8 Å². The van der Waals surface area contributed by atoms with E-state index in [0.717, 1.165) is 59.7 Å². The number of pyridine rings is 2. The minimum atomic E-state index is -0.379. The second-order valence-corrected chi connectivity index (χ2v) is 11.3. The van der Waals surface area contributed by atoms with Crippen LogP contribution in [0.15, 0.2) is 108 Å². The van der Waals surface area contributed by atoms with Gasteiger partial charge in [-0.3, -0.25) is 19.2 Å². The molecule has 12 heteroatoms. The molecule has 242 valence electrons.